The summed E-state index contributed by atoms with van der Waals surface area (Å²) in [5.74, 6) is 0.869. The van der Waals surface area contributed by atoms with E-state index in [1.54, 1.807) is 13.3 Å². The fraction of sp³-hybridized carbons (Fsp3) is 0.353. The Morgan fingerprint density at radius 3 is 2.57 bits per heavy atom. The largest absolute Gasteiger partial charge is 0.497 e. The summed E-state index contributed by atoms with van der Waals surface area (Å²) in [4.78, 5) is 4.19. The predicted molar refractivity (Wildman–Crippen MR) is 83.5 cm³/mol. The zero-order chi connectivity index (χ0) is 15.1. The van der Waals surface area contributed by atoms with Crippen molar-refractivity contribution >= 4 is 0 Å². The molecule has 4 heteroatoms. The lowest BCUT2D eigenvalue weighted by molar-refractivity contribution is 0.174. The first-order chi connectivity index (χ1) is 10.2. The number of hydrogen-bond acceptors (Lipinski definition) is 4. The van der Waals surface area contributed by atoms with Crippen LogP contribution in [0.4, 0.5) is 0 Å². The van der Waals surface area contributed by atoms with E-state index in [1.165, 1.54) is 5.56 Å². The van der Waals surface area contributed by atoms with Crippen molar-refractivity contribution in [1.29, 1.82) is 0 Å². The first-order valence-corrected chi connectivity index (χ1v) is 7.13. The van der Waals surface area contributed by atoms with Gasteiger partial charge in [0.2, 0.25) is 0 Å². The number of ether oxygens (including phenoxy) is 1. The van der Waals surface area contributed by atoms with Crippen LogP contribution in [0.25, 0.3) is 0 Å². The second-order valence-electron chi connectivity index (χ2n) is 5.05. The number of aliphatic hydroxyl groups excluding tert-OH is 1. The molecule has 1 aromatic heterocycles. The number of methoxy groups -OCH3 is 1. The highest BCUT2D eigenvalue weighted by atomic mass is 16.5. The maximum absolute atomic E-state index is 10.1. The van der Waals surface area contributed by atoms with Crippen molar-refractivity contribution in [3.63, 3.8) is 0 Å². The number of hydrogen-bond donors (Lipinski definition) is 2. The van der Waals surface area contributed by atoms with E-state index >= 15 is 0 Å². The lowest BCUT2D eigenvalue weighted by atomic mass is 10.1. The zero-order valence-corrected chi connectivity index (χ0v) is 12.5. The van der Waals surface area contributed by atoms with Crippen molar-refractivity contribution in [1.82, 2.24) is 10.3 Å². The molecule has 21 heavy (non-hydrogen) atoms. The number of aryl methyl sites for hydroxylation is 1. The molecule has 2 N–H and O–H groups in total. The highest BCUT2D eigenvalue weighted by Gasteiger charge is 2.06. The molecule has 0 spiro atoms. The first kappa shape index (κ1) is 15.5. The van der Waals surface area contributed by atoms with E-state index in [0.29, 0.717) is 6.54 Å². The van der Waals surface area contributed by atoms with Crippen molar-refractivity contribution in [2.24, 2.45) is 0 Å². The molecule has 4 nitrogen and oxygen atoms in total. The van der Waals surface area contributed by atoms with Crippen molar-refractivity contribution in [2.75, 3.05) is 20.2 Å². The Kier molecular flexibility index (Phi) is 5.72. The average Bonchev–Trinajstić information content (AvgIpc) is 2.52. The summed E-state index contributed by atoms with van der Waals surface area (Å²) in [5.41, 5.74) is 3.05. The van der Waals surface area contributed by atoms with Crippen LogP contribution in [-0.2, 0) is 6.42 Å². The molecule has 1 aromatic carbocycles. The summed E-state index contributed by atoms with van der Waals surface area (Å²) >= 11 is 0. The van der Waals surface area contributed by atoms with Gasteiger partial charge in [0.25, 0.3) is 0 Å². The van der Waals surface area contributed by atoms with Gasteiger partial charge in [0.1, 0.15) is 5.75 Å². The summed E-state index contributed by atoms with van der Waals surface area (Å²) in [6.07, 6.45) is 2.13. The number of nitrogens with zero attached hydrogens (tertiary/aromatic N) is 1. The third-order valence-electron chi connectivity index (χ3n) is 3.41. The maximum atomic E-state index is 10.1. The number of aromatic nitrogens is 1. The smallest absolute Gasteiger partial charge is 0.118 e. The van der Waals surface area contributed by atoms with Crippen LogP contribution in [0.1, 0.15) is 22.9 Å². The molecule has 0 bridgehead atoms. The second kappa shape index (κ2) is 7.76. The highest BCUT2D eigenvalue weighted by Crippen LogP contribution is 2.12. The number of aliphatic hydroxyl groups is 1. The Hall–Kier alpha value is -1.91. The van der Waals surface area contributed by atoms with Crippen LogP contribution in [0.3, 0.4) is 0 Å². The Morgan fingerprint density at radius 1 is 1.19 bits per heavy atom. The SMILES string of the molecule is COc1ccc(CCNC[C@H](O)c2ccc(C)nc2)cc1. The van der Waals surface area contributed by atoms with Crippen LogP contribution in [0.2, 0.25) is 0 Å². The van der Waals surface area contributed by atoms with Gasteiger partial charge in [0, 0.05) is 24.0 Å². The van der Waals surface area contributed by atoms with Crippen LogP contribution in [-0.4, -0.2) is 30.3 Å². The quantitative estimate of drug-likeness (QED) is 0.767. The van der Waals surface area contributed by atoms with E-state index in [-0.39, 0.29) is 0 Å². The van der Waals surface area contributed by atoms with E-state index in [4.69, 9.17) is 4.74 Å². The molecule has 1 heterocycles. The predicted octanol–water partition coefficient (Wildman–Crippen LogP) is 2.26. The van der Waals surface area contributed by atoms with Gasteiger partial charge in [0.15, 0.2) is 0 Å². The van der Waals surface area contributed by atoms with Crippen molar-refractivity contribution < 1.29 is 9.84 Å². The summed E-state index contributed by atoms with van der Waals surface area (Å²) in [5, 5.41) is 13.3. The van der Waals surface area contributed by atoms with Gasteiger partial charge in [-0.25, -0.2) is 0 Å². The minimum Gasteiger partial charge on any atom is -0.497 e. The van der Waals surface area contributed by atoms with Gasteiger partial charge in [-0.2, -0.15) is 0 Å². The van der Waals surface area contributed by atoms with Gasteiger partial charge in [-0.3, -0.25) is 4.98 Å². The summed E-state index contributed by atoms with van der Waals surface area (Å²) in [6, 6.07) is 11.9. The zero-order valence-electron chi connectivity index (χ0n) is 12.5. The summed E-state index contributed by atoms with van der Waals surface area (Å²) in [7, 11) is 1.66. The molecule has 1 atom stereocenters. The fourth-order valence-electron chi connectivity index (χ4n) is 2.06. The summed E-state index contributed by atoms with van der Waals surface area (Å²) in [6.45, 7) is 3.28. The molecule has 112 valence electrons. The highest BCUT2D eigenvalue weighted by molar-refractivity contribution is 5.27. The van der Waals surface area contributed by atoms with Gasteiger partial charge < -0.3 is 15.2 Å². The summed E-state index contributed by atoms with van der Waals surface area (Å²) < 4.78 is 5.13. The Morgan fingerprint density at radius 2 is 1.95 bits per heavy atom. The molecule has 2 rings (SSSR count). The third-order valence-corrected chi connectivity index (χ3v) is 3.41. The molecule has 0 aliphatic carbocycles. The van der Waals surface area contributed by atoms with Crippen LogP contribution in [0.5, 0.6) is 5.75 Å². The van der Waals surface area contributed by atoms with Gasteiger partial charge in [-0.1, -0.05) is 18.2 Å². The van der Waals surface area contributed by atoms with Crippen LogP contribution >= 0.6 is 0 Å². The van der Waals surface area contributed by atoms with E-state index < -0.39 is 6.10 Å². The molecule has 0 amide bonds. The van der Waals surface area contributed by atoms with E-state index in [2.05, 4.69) is 22.4 Å². The molecule has 0 aliphatic rings. The van der Waals surface area contributed by atoms with Crippen LogP contribution in [0, 0.1) is 6.92 Å². The average molecular weight is 286 g/mol. The van der Waals surface area contributed by atoms with Gasteiger partial charge in [-0.05, 0) is 43.7 Å². The number of benzene rings is 1. The molecule has 0 saturated heterocycles. The molecule has 2 aromatic rings. The molecule has 0 unspecified atom stereocenters. The molecular weight excluding hydrogens is 264 g/mol. The number of pyridine rings is 1. The number of rotatable bonds is 7. The lowest BCUT2D eigenvalue weighted by Gasteiger charge is -2.12. The topological polar surface area (TPSA) is 54.4 Å². The molecular formula is C17H22N2O2. The molecule has 0 radical (unpaired) electrons. The van der Waals surface area contributed by atoms with Crippen molar-refractivity contribution in [3.8, 4) is 5.75 Å². The van der Waals surface area contributed by atoms with Gasteiger partial charge in [-0.15, -0.1) is 0 Å². The van der Waals surface area contributed by atoms with Crippen LogP contribution < -0.4 is 10.1 Å². The van der Waals surface area contributed by atoms with Gasteiger partial charge in [0.05, 0.1) is 13.2 Å². The van der Waals surface area contributed by atoms with Crippen molar-refractivity contribution in [2.45, 2.75) is 19.4 Å². The van der Waals surface area contributed by atoms with Crippen molar-refractivity contribution in [3.05, 3.63) is 59.4 Å². The Bertz CT molecular complexity index is 538. The van der Waals surface area contributed by atoms with Crippen LogP contribution in [0.15, 0.2) is 42.6 Å². The van der Waals surface area contributed by atoms with E-state index in [9.17, 15) is 5.11 Å². The fourth-order valence-corrected chi connectivity index (χ4v) is 2.06. The standard InChI is InChI=1S/C17H22N2O2/c1-13-3-6-15(11-19-13)17(20)12-18-10-9-14-4-7-16(21-2)8-5-14/h3-8,11,17-18,20H,9-10,12H2,1-2H3/t17-/m0/s1. The molecule has 0 aliphatic heterocycles. The maximum Gasteiger partial charge on any atom is 0.118 e. The Balaban J connectivity index is 1.72. The Labute approximate surface area is 125 Å². The van der Waals surface area contributed by atoms with E-state index in [1.807, 2.05) is 31.2 Å². The number of nitrogens with one attached hydrogen (secondary N) is 1. The normalized spacial score (nSPS) is 12.1. The monoisotopic (exact) mass is 286 g/mol. The first-order valence-electron chi connectivity index (χ1n) is 7.13. The lowest BCUT2D eigenvalue weighted by Crippen LogP contribution is -2.23. The third kappa shape index (κ3) is 4.85. The van der Waals surface area contributed by atoms with Gasteiger partial charge >= 0.3 is 0 Å². The molecule has 0 saturated carbocycles. The molecule has 0 fully saturated rings. The second-order valence-corrected chi connectivity index (χ2v) is 5.05. The minimum absolute atomic E-state index is 0.519. The minimum atomic E-state index is -0.519. The van der Waals surface area contributed by atoms with E-state index in [0.717, 1.165) is 30.0 Å².